The molecule has 6 nitrogen and oxygen atoms in total. The van der Waals surface area contributed by atoms with E-state index in [1.165, 1.54) is 15.5 Å². The van der Waals surface area contributed by atoms with Gasteiger partial charge in [-0.3, -0.25) is 14.2 Å². The lowest BCUT2D eigenvalue weighted by Crippen LogP contribution is -2.29. The van der Waals surface area contributed by atoms with Gasteiger partial charge in [-0.2, -0.15) is 0 Å². The summed E-state index contributed by atoms with van der Waals surface area (Å²) in [4.78, 5) is 32.4. The molecule has 0 aliphatic heterocycles. The normalized spacial score (nSPS) is 15.8. The van der Waals surface area contributed by atoms with Crippen LogP contribution in [-0.2, 0) is 22.4 Å². The minimum atomic E-state index is -0.505. The van der Waals surface area contributed by atoms with E-state index in [1.807, 2.05) is 0 Å². The van der Waals surface area contributed by atoms with E-state index in [9.17, 15) is 14.0 Å². The zero-order valence-electron chi connectivity index (χ0n) is 17.4. The number of carbonyl (C=O) groups excluding carboxylic acids is 1. The van der Waals surface area contributed by atoms with Crippen molar-refractivity contribution in [1.82, 2.24) is 14.9 Å². The second-order valence-corrected chi connectivity index (χ2v) is 9.68. The molecule has 1 atom stereocenters. The van der Waals surface area contributed by atoms with Crippen LogP contribution in [0.2, 0.25) is 0 Å². The number of ether oxygens (including phenoxy) is 1. The number of nitrogens with zero attached hydrogens (tertiary/aromatic N) is 2. The van der Waals surface area contributed by atoms with Crippen LogP contribution in [-0.4, -0.2) is 41.5 Å². The van der Waals surface area contributed by atoms with Gasteiger partial charge in [0.05, 0.1) is 23.4 Å². The molecule has 1 N–H and O–H groups in total. The second kappa shape index (κ2) is 9.50. The van der Waals surface area contributed by atoms with Gasteiger partial charge in [-0.05, 0) is 42.9 Å². The number of aryl methyl sites for hydroxylation is 1. The van der Waals surface area contributed by atoms with Gasteiger partial charge >= 0.3 is 0 Å². The Morgan fingerprint density at radius 2 is 2.23 bits per heavy atom. The van der Waals surface area contributed by atoms with Gasteiger partial charge < -0.3 is 10.1 Å². The van der Waals surface area contributed by atoms with Crippen LogP contribution in [0.25, 0.3) is 15.9 Å². The first kappa shape index (κ1) is 22.0. The van der Waals surface area contributed by atoms with Crippen LogP contribution >= 0.6 is 23.1 Å². The van der Waals surface area contributed by atoms with Crippen LogP contribution in [0.3, 0.4) is 0 Å². The summed E-state index contributed by atoms with van der Waals surface area (Å²) in [5.74, 6) is -0.0669. The SMILES string of the molecule is COCCNC(=O)CSc1nc2sc3c(c2c(=O)n1-c1ccccc1F)CCC(C)C3. The van der Waals surface area contributed by atoms with E-state index in [1.54, 1.807) is 36.6 Å². The van der Waals surface area contributed by atoms with E-state index in [0.717, 1.165) is 36.6 Å². The largest absolute Gasteiger partial charge is 0.383 e. The fourth-order valence-electron chi connectivity index (χ4n) is 3.79. The highest BCUT2D eigenvalue weighted by molar-refractivity contribution is 7.99. The standard InChI is InChI=1S/C22H24FN3O3S2/c1-13-7-8-14-17(11-13)31-20-19(14)21(28)26(16-6-4-3-5-15(16)23)22(25-20)30-12-18(27)24-9-10-29-2/h3-6,13H,7-12H2,1-2H3,(H,24,27). The molecule has 2 heterocycles. The first-order valence-electron chi connectivity index (χ1n) is 10.2. The summed E-state index contributed by atoms with van der Waals surface area (Å²) < 4.78 is 20.9. The molecule has 0 radical (unpaired) electrons. The molecule has 0 bridgehead atoms. The highest BCUT2D eigenvalue weighted by Gasteiger charge is 2.26. The number of hydrogen-bond acceptors (Lipinski definition) is 6. The zero-order valence-corrected chi connectivity index (χ0v) is 19.1. The van der Waals surface area contributed by atoms with E-state index in [-0.39, 0.29) is 22.9 Å². The Morgan fingerprint density at radius 1 is 1.42 bits per heavy atom. The van der Waals surface area contributed by atoms with Crippen molar-refractivity contribution in [3.63, 3.8) is 0 Å². The lowest BCUT2D eigenvalue weighted by Gasteiger charge is -2.18. The van der Waals surface area contributed by atoms with Crippen molar-refractivity contribution in [2.75, 3.05) is 26.0 Å². The molecule has 0 spiro atoms. The number of carbonyl (C=O) groups is 1. The summed E-state index contributed by atoms with van der Waals surface area (Å²) in [6.45, 7) is 3.03. The van der Waals surface area contributed by atoms with Crippen molar-refractivity contribution in [2.45, 2.75) is 31.3 Å². The molecule has 1 aliphatic carbocycles. The number of benzene rings is 1. The van der Waals surface area contributed by atoms with Crippen molar-refractivity contribution in [1.29, 1.82) is 0 Å². The Labute approximate surface area is 187 Å². The van der Waals surface area contributed by atoms with E-state index in [0.29, 0.717) is 34.4 Å². The van der Waals surface area contributed by atoms with Gasteiger partial charge in [0.15, 0.2) is 5.16 Å². The third-order valence-electron chi connectivity index (χ3n) is 5.35. The number of rotatable bonds is 7. The van der Waals surface area contributed by atoms with Gasteiger partial charge in [0.2, 0.25) is 5.91 Å². The molecule has 0 fully saturated rings. The first-order chi connectivity index (χ1) is 15.0. The summed E-state index contributed by atoms with van der Waals surface area (Å²) in [5, 5.41) is 3.65. The topological polar surface area (TPSA) is 73.2 Å². The first-order valence-corrected chi connectivity index (χ1v) is 12.0. The minimum Gasteiger partial charge on any atom is -0.383 e. The van der Waals surface area contributed by atoms with E-state index < -0.39 is 5.82 Å². The second-order valence-electron chi connectivity index (χ2n) is 7.65. The van der Waals surface area contributed by atoms with Gasteiger partial charge in [-0.25, -0.2) is 9.37 Å². The van der Waals surface area contributed by atoms with E-state index >= 15 is 0 Å². The van der Waals surface area contributed by atoms with Gasteiger partial charge in [0, 0.05) is 18.5 Å². The number of thioether (sulfide) groups is 1. The number of thiophene rings is 1. The monoisotopic (exact) mass is 461 g/mol. The molecule has 0 saturated carbocycles. The molecular weight excluding hydrogens is 437 g/mol. The van der Waals surface area contributed by atoms with Crippen LogP contribution in [0, 0.1) is 11.7 Å². The van der Waals surface area contributed by atoms with Gasteiger partial charge in [0.25, 0.3) is 5.56 Å². The lowest BCUT2D eigenvalue weighted by atomic mass is 9.89. The molecule has 1 aromatic carbocycles. The fourth-order valence-corrected chi connectivity index (χ4v) is 6.05. The average Bonchev–Trinajstić information content (AvgIpc) is 3.11. The lowest BCUT2D eigenvalue weighted by molar-refractivity contribution is -0.118. The maximum atomic E-state index is 14.7. The molecule has 31 heavy (non-hydrogen) atoms. The molecular formula is C22H24FN3O3S2. The fraction of sp³-hybridized carbons (Fsp3) is 0.409. The van der Waals surface area contributed by atoms with Crippen molar-refractivity contribution < 1.29 is 13.9 Å². The third kappa shape index (κ3) is 4.53. The smallest absolute Gasteiger partial charge is 0.267 e. The van der Waals surface area contributed by atoms with Crippen LogP contribution < -0.4 is 10.9 Å². The average molecular weight is 462 g/mol. The summed E-state index contributed by atoms with van der Waals surface area (Å²) in [7, 11) is 1.56. The highest BCUT2D eigenvalue weighted by Crippen LogP contribution is 2.37. The Bertz CT molecular complexity index is 1170. The number of nitrogens with one attached hydrogen (secondary N) is 1. The Morgan fingerprint density at radius 3 is 3.00 bits per heavy atom. The predicted molar refractivity (Wildman–Crippen MR) is 122 cm³/mol. The van der Waals surface area contributed by atoms with Crippen molar-refractivity contribution in [3.05, 3.63) is 50.9 Å². The van der Waals surface area contributed by atoms with Crippen LogP contribution in [0.15, 0.2) is 34.2 Å². The van der Waals surface area contributed by atoms with E-state index in [4.69, 9.17) is 9.72 Å². The Kier molecular flexibility index (Phi) is 6.74. The number of halogens is 1. The van der Waals surface area contributed by atoms with E-state index in [2.05, 4.69) is 12.2 Å². The van der Waals surface area contributed by atoms with Crippen molar-refractivity contribution in [2.24, 2.45) is 5.92 Å². The summed E-state index contributed by atoms with van der Waals surface area (Å²) >= 11 is 2.67. The maximum absolute atomic E-state index is 14.7. The number of amides is 1. The van der Waals surface area contributed by atoms with Crippen LogP contribution in [0.5, 0.6) is 0 Å². The summed E-state index contributed by atoms with van der Waals surface area (Å²) in [5.41, 5.74) is 0.923. The van der Waals surface area contributed by atoms with Crippen LogP contribution in [0.4, 0.5) is 4.39 Å². The molecule has 0 saturated heterocycles. The Balaban J connectivity index is 1.78. The van der Waals surface area contributed by atoms with Gasteiger partial charge in [-0.1, -0.05) is 30.8 Å². The number of fused-ring (bicyclic) bond motifs is 3. The summed E-state index contributed by atoms with van der Waals surface area (Å²) in [6, 6.07) is 6.15. The van der Waals surface area contributed by atoms with Crippen molar-refractivity contribution in [3.8, 4) is 5.69 Å². The van der Waals surface area contributed by atoms with Gasteiger partial charge in [0.1, 0.15) is 10.6 Å². The Hall–Kier alpha value is -2.23. The maximum Gasteiger partial charge on any atom is 0.267 e. The molecule has 1 aliphatic rings. The number of methoxy groups -OCH3 is 1. The zero-order chi connectivity index (χ0) is 22.0. The number of hydrogen-bond donors (Lipinski definition) is 1. The predicted octanol–water partition coefficient (Wildman–Crippen LogP) is 3.57. The summed E-state index contributed by atoms with van der Waals surface area (Å²) in [6.07, 6.45) is 2.79. The van der Waals surface area contributed by atoms with Crippen molar-refractivity contribution >= 4 is 39.2 Å². The molecule has 1 unspecified atom stereocenters. The number of para-hydroxylation sites is 1. The quantitative estimate of drug-likeness (QED) is 0.331. The minimum absolute atomic E-state index is 0.0677. The molecule has 1 amide bonds. The molecule has 2 aromatic heterocycles. The molecule has 164 valence electrons. The molecule has 3 aromatic rings. The molecule has 9 heteroatoms. The third-order valence-corrected chi connectivity index (χ3v) is 7.44. The number of aromatic nitrogens is 2. The van der Waals surface area contributed by atoms with Gasteiger partial charge in [-0.15, -0.1) is 11.3 Å². The van der Waals surface area contributed by atoms with Crippen LogP contribution in [0.1, 0.15) is 23.8 Å². The molecule has 4 rings (SSSR count). The highest BCUT2D eigenvalue weighted by atomic mass is 32.2.